The van der Waals surface area contributed by atoms with Crippen molar-refractivity contribution in [2.24, 2.45) is 0 Å². The zero-order valence-electron chi connectivity index (χ0n) is 8.77. The maximum absolute atomic E-state index is 6.07. The molecule has 0 heterocycles. The Morgan fingerprint density at radius 2 is 2.13 bits per heavy atom. The monoisotopic (exact) mass is 241 g/mol. The second kappa shape index (κ2) is 6.02. The molecule has 0 saturated carbocycles. The van der Waals surface area contributed by atoms with E-state index >= 15 is 0 Å². The topological polar surface area (TPSA) is 12.0 Å². The van der Waals surface area contributed by atoms with E-state index in [4.69, 9.17) is 23.2 Å². The molecular formula is C12H13Cl2N. The van der Waals surface area contributed by atoms with Crippen molar-refractivity contribution in [2.75, 3.05) is 6.54 Å². The lowest BCUT2D eigenvalue weighted by Gasteiger charge is -2.14. The average Bonchev–Trinajstić information content (AvgIpc) is 2.22. The van der Waals surface area contributed by atoms with Gasteiger partial charge in [0.25, 0.3) is 0 Å². The Bertz CT molecular complexity index is 390. The lowest BCUT2D eigenvalue weighted by atomic mass is 10.1. The lowest BCUT2D eigenvalue weighted by Crippen LogP contribution is -2.19. The summed E-state index contributed by atoms with van der Waals surface area (Å²) in [7, 11) is 0. The third kappa shape index (κ3) is 3.76. The van der Waals surface area contributed by atoms with Crippen LogP contribution in [0.15, 0.2) is 18.2 Å². The van der Waals surface area contributed by atoms with Gasteiger partial charge in [0.15, 0.2) is 0 Å². The molecule has 0 bridgehead atoms. The molecular weight excluding hydrogens is 229 g/mol. The fraction of sp³-hybridized carbons (Fsp3) is 0.333. The van der Waals surface area contributed by atoms with Gasteiger partial charge >= 0.3 is 0 Å². The van der Waals surface area contributed by atoms with E-state index in [2.05, 4.69) is 17.2 Å². The molecule has 1 N–H and O–H groups in total. The zero-order valence-corrected chi connectivity index (χ0v) is 10.3. The first kappa shape index (κ1) is 12.4. The quantitative estimate of drug-likeness (QED) is 0.797. The van der Waals surface area contributed by atoms with Crippen LogP contribution in [0.25, 0.3) is 0 Å². The van der Waals surface area contributed by atoms with Crippen LogP contribution in [0, 0.1) is 11.8 Å². The third-order valence-corrected chi connectivity index (χ3v) is 2.68. The minimum absolute atomic E-state index is 0.150. The molecule has 0 aliphatic rings. The molecule has 1 aromatic rings. The van der Waals surface area contributed by atoms with Crippen LogP contribution in [-0.2, 0) is 0 Å². The fourth-order valence-electron chi connectivity index (χ4n) is 1.25. The number of nitrogens with one attached hydrogen (secondary N) is 1. The summed E-state index contributed by atoms with van der Waals surface area (Å²) in [5, 5.41) is 4.68. The van der Waals surface area contributed by atoms with E-state index in [0.29, 0.717) is 11.6 Å². The molecule has 0 aromatic heterocycles. The predicted octanol–water partition coefficient (Wildman–Crippen LogP) is 3.67. The van der Waals surface area contributed by atoms with Gasteiger partial charge in [-0.25, -0.2) is 0 Å². The normalized spacial score (nSPS) is 11.7. The van der Waals surface area contributed by atoms with Gasteiger partial charge in [-0.1, -0.05) is 29.1 Å². The van der Waals surface area contributed by atoms with Crippen LogP contribution in [-0.4, -0.2) is 6.54 Å². The number of rotatable bonds is 3. The molecule has 0 saturated heterocycles. The highest BCUT2D eigenvalue weighted by molar-refractivity contribution is 6.33. The van der Waals surface area contributed by atoms with Crippen molar-refractivity contribution in [1.29, 1.82) is 0 Å². The highest BCUT2D eigenvalue weighted by atomic mass is 35.5. The van der Waals surface area contributed by atoms with Crippen LogP contribution in [0.3, 0.4) is 0 Å². The summed E-state index contributed by atoms with van der Waals surface area (Å²) in [4.78, 5) is 0. The van der Waals surface area contributed by atoms with Crippen LogP contribution in [0.4, 0.5) is 0 Å². The second-order valence-corrected chi connectivity index (χ2v) is 4.04. The van der Waals surface area contributed by atoms with E-state index in [1.165, 1.54) is 0 Å². The molecule has 1 aromatic carbocycles. The van der Waals surface area contributed by atoms with E-state index in [1.54, 1.807) is 6.07 Å². The molecule has 1 rings (SSSR count). The molecule has 3 heteroatoms. The van der Waals surface area contributed by atoms with E-state index in [0.717, 1.165) is 10.6 Å². The Labute approximate surface area is 101 Å². The molecule has 0 amide bonds. The summed E-state index contributed by atoms with van der Waals surface area (Å²) in [6.45, 7) is 4.51. The number of hydrogen-bond donors (Lipinski definition) is 1. The van der Waals surface area contributed by atoms with Crippen molar-refractivity contribution in [1.82, 2.24) is 5.32 Å². The summed E-state index contributed by atoms with van der Waals surface area (Å²) in [5.41, 5.74) is 1.00. The van der Waals surface area contributed by atoms with Crippen LogP contribution >= 0.6 is 23.2 Å². The molecule has 1 nitrogen and oxygen atoms in total. The van der Waals surface area contributed by atoms with Gasteiger partial charge in [0.05, 0.1) is 6.54 Å². The van der Waals surface area contributed by atoms with Crippen molar-refractivity contribution in [3.63, 3.8) is 0 Å². The number of halogens is 2. The van der Waals surface area contributed by atoms with E-state index in [1.807, 2.05) is 26.0 Å². The van der Waals surface area contributed by atoms with Crippen molar-refractivity contribution >= 4 is 23.2 Å². The largest absolute Gasteiger partial charge is 0.300 e. The first-order valence-electron chi connectivity index (χ1n) is 4.73. The van der Waals surface area contributed by atoms with Crippen LogP contribution in [0.2, 0.25) is 10.0 Å². The van der Waals surface area contributed by atoms with Gasteiger partial charge in [-0.15, -0.1) is 5.92 Å². The Morgan fingerprint density at radius 3 is 2.80 bits per heavy atom. The average molecular weight is 242 g/mol. The first-order valence-corrected chi connectivity index (χ1v) is 5.48. The standard InChI is InChI=1S/C12H13Cl2N/c1-3-4-7-15-9(2)11-8-10(13)5-6-12(11)14/h5-6,8-9,15H,7H2,1-2H3. The van der Waals surface area contributed by atoms with Gasteiger partial charge in [-0.2, -0.15) is 0 Å². The molecule has 0 radical (unpaired) electrons. The van der Waals surface area contributed by atoms with Crippen molar-refractivity contribution < 1.29 is 0 Å². The maximum Gasteiger partial charge on any atom is 0.0581 e. The highest BCUT2D eigenvalue weighted by Gasteiger charge is 2.08. The van der Waals surface area contributed by atoms with Crippen molar-refractivity contribution in [2.45, 2.75) is 19.9 Å². The van der Waals surface area contributed by atoms with E-state index in [-0.39, 0.29) is 6.04 Å². The molecule has 80 valence electrons. The lowest BCUT2D eigenvalue weighted by molar-refractivity contribution is 0.623. The molecule has 0 fully saturated rings. The van der Waals surface area contributed by atoms with Gasteiger partial charge in [0.2, 0.25) is 0 Å². The second-order valence-electron chi connectivity index (χ2n) is 3.20. The first-order chi connectivity index (χ1) is 7.15. The number of hydrogen-bond acceptors (Lipinski definition) is 1. The molecule has 0 spiro atoms. The minimum Gasteiger partial charge on any atom is -0.300 e. The summed E-state index contributed by atoms with van der Waals surface area (Å²) < 4.78 is 0. The Morgan fingerprint density at radius 1 is 1.40 bits per heavy atom. The summed E-state index contributed by atoms with van der Waals surface area (Å²) in [6, 6.07) is 5.62. The SMILES string of the molecule is CC#CCNC(C)c1cc(Cl)ccc1Cl. The Kier molecular flexibility index (Phi) is 4.98. The summed E-state index contributed by atoms with van der Waals surface area (Å²) >= 11 is 12.0. The van der Waals surface area contributed by atoms with Gasteiger partial charge in [0.1, 0.15) is 0 Å². The van der Waals surface area contributed by atoms with Crippen molar-refractivity contribution in [3.8, 4) is 11.8 Å². The summed E-state index contributed by atoms with van der Waals surface area (Å²) in [6.07, 6.45) is 0. The number of benzene rings is 1. The van der Waals surface area contributed by atoms with Gasteiger partial charge in [-0.05, 0) is 37.6 Å². The van der Waals surface area contributed by atoms with E-state index in [9.17, 15) is 0 Å². The van der Waals surface area contributed by atoms with Crippen LogP contribution in [0.1, 0.15) is 25.5 Å². The Hall–Kier alpha value is -0.680. The van der Waals surface area contributed by atoms with Gasteiger partial charge in [0, 0.05) is 16.1 Å². The van der Waals surface area contributed by atoms with Crippen LogP contribution < -0.4 is 5.32 Å². The van der Waals surface area contributed by atoms with Crippen molar-refractivity contribution in [3.05, 3.63) is 33.8 Å². The van der Waals surface area contributed by atoms with Gasteiger partial charge in [-0.3, -0.25) is 5.32 Å². The molecule has 15 heavy (non-hydrogen) atoms. The highest BCUT2D eigenvalue weighted by Crippen LogP contribution is 2.25. The summed E-state index contributed by atoms with van der Waals surface area (Å²) in [5.74, 6) is 5.77. The maximum atomic E-state index is 6.07. The molecule has 0 aliphatic carbocycles. The molecule has 1 unspecified atom stereocenters. The third-order valence-electron chi connectivity index (χ3n) is 2.10. The zero-order chi connectivity index (χ0) is 11.3. The molecule has 1 atom stereocenters. The van der Waals surface area contributed by atoms with E-state index < -0.39 is 0 Å². The Balaban J connectivity index is 2.74. The smallest absolute Gasteiger partial charge is 0.0581 e. The van der Waals surface area contributed by atoms with Gasteiger partial charge < -0.3 is 0 Å². The predicted molar refractivity (Wildman–Crippen MR) is 66.3 cm³/mol. The molecule has 0 aliphatic heterocycles. The minimum atomic E-state index is 0.150. The fourth-order valence-corrected chi connectivity index (χ4v) is 1.71. The van der Waals surface area contributed by atoms with Crippen LogP contribution in [0.5, 0.6) is 0 Å².